The summed E-state index contributed by atoms with van der Waals surface area (Å²) in [6.07, 6.45) is 0. The lowest BCUT2D eigenvalue weighted by Crippen LogP contribution is -2.35. The molecule has 2 heterocycles. The second-order valence-corrected chi connectivity index (χ2v) is 10.5. The summed E-state index contributed by atoms with van der Waals surface area (Å²) in [7, 11) is 1.65. The maximum atomic E-state index is 13.8. The average molecular weight is 537 g/mol. The molecular formula is C32H36N6O2. The van der Waals surface area contributed by atoms with Gasteiger partial charge in [-0.05, 0) is 57.0 Å². The second-order valence-electron chi connectivity index (χ2n) is 10.5. The third-order valence-corrected chi connectivity index (χ3v) is 7.35. The average Bonchev–Trinajstić information content (AvgIpc) is 3.41. The van der Waals surface area contributed by atoms with Crippen LogP contribution in [0.25, 0.3) is 10.9 Å². The molecule has 3 aromatic carbocycles. The van der Waals surface area contributed by atoms with Crippen molar-refractivity contribution in [3.63, 3.8) is 0 Å². The van der Waals surface area contributed by atoms with E-state index in [-0.39, 0.29) is 5.56 Å². The molecule has 0 radical (unpaired) electrons. The summed E-state index contributed by atoms with van der Waals surface area (Å²) in [5.41, 5.74) is 5.88. The molecule has 2 aromatic heterocycles. The Morgan fingerprint density at radius 3 is 2.38 bits per heavy atom. The first-order valence-electron chi connectivity index (χ1n) is 13.7. The molecule has 1 N–H and O–H groups in total. The Bertz CT molecular complexity index is 1610. The maximum Gasteiger partial charge on any atom is 0.253 e. The molecule has 1 atom stereocenters. The number of tetrazole rings is 1. The Labute approximate surface area is 234 Å². The zero-order valence-electron chi connectivity index (χ0n) is 23.5. The summed E-state index contributed by atoms with van der Waals surface area (Å²) >= 11 is 0. The van der Waals surface area contributed by atoms with E-state index in [1.54, 1.807) is 11.8 Å². The number of nitrogens with zero attached hydrogens (tertiary/aromatic N) is 5. The minimum Gasteiger partial charge on any atom is -0.383 e. The molecule has 0 saturated heterocycles. The number of rotatable bonds is 11. The van der Waals surface area contributed by atoms with Gasteiger partial charge in [-0.2, -0.15) is 0 Å². The topological polar surface area (TPSA) is 88.9 Å². The van der Waals surface area contributed by atoms with Crippen LogP contribution in [0.5, 0.6) is 0 Å². The molecule has 0 aliphatic heterocycles. The Balaban J connectivity index is 1.67. The quantitative estimate of drug-likeness (QED) is 0.244. The second kappa shape index (κ2) is 12.4. The van der Waals surface area contributed by atoms with E-state index in [9.17, 15) is 4.79 Å². The van der Waals surface area contributed by atoms with Gasteiger partial charge in [0.2, 0.25) is 0 Å². The van der Waals surface area contributed by atoms with Crippen LogP contribution in [0.15, 0.2) is 83.7 Å². The van der Waals surface area contributed by atoms with Crippen LogP contribution in [0.3, 0.4) is 0 Å². The first-order valence-corrected chi connectivity index (χ1v) is 13.7. The predicted octanol–water partition coefficient (Wildman–Crippen LogP) is 5.38. The van der Waals surface area contributed by atoms with Crippen molar-refractivity contribution < 1.29 is 4.74 Å². The number of hydrogen-bond acceptors (Lipinski definition) is 6. The van der Waals surface area contributed by atoms with Crippen LogP contribution >= 0.6 is 0 Å². The van der Waals surface area contributed by atoms with Gasteiger partial charge in [0.15, 0.2) is 5.82 Å². The van der Waals surface area contributed by atoms with Crippen molar-refractivity contribution in [2.24, 2.45) is 0 Å². The Hall–Kier alpha value is -4.14. The number of hydrogen-bond donors (Lipinski definition) is 1. The minimum atomic E-state index is -0.509. The number of nitrogens with one attached hydrogen (secondary N) is 1. The molecule has 0 bridgehead atoms. The van der Waals surface area contributed by atoms with Crippen molar-refractivity contribution in [1.82, 2.24) is 30.1 Å². The van der Waals surface area contributed by atoms with Gasteiger partial charge in [0.25, 0.3) is 5.56 Å². The zero-order valence-corrected chi connectivity index (χ0v) is 23.5. The van der Waals surface area contributed by atoms with Crippen LogP contribution in [0.4, 0.5) is 0 Å². The van der Waals surface area contributed by atoms with Crippen molar-refractivity contribution >= 4 is 10.9 Å². The van der Waals surface area contributed by atoms with Crippen molar-refractivity contribution in [3.05, 3.63) is 123 Å². The largest absolute Gasteiger partial charge is 0.383 e. The van der Waals surface area contributed by atoms with E-state index in [1.165, 1.54) is 5.56 Å². The number of aryl methyl sites for hydroxylation is 1. The van der Waals surface area contributed by atoms with Gasteiger partial charge in [-0.1, -0.05) is 86.6 Å². The lowest BCUT2D eigenvalue weighted by atomic mass is 9.99. The third-order valence-electron chi connectivity index (χ3n) is 7.35. The number of methoxy groups -OCH3 is 1. The summed E-state index contributed by atoms with van der Waals surface area (Å²) in [5.74, 6) is 1.05. The van der Waals surface area contributed by atoms with Crippen molar-refractivity contribution in [3.8, 4) is 0 Å². The van der Waals surface area contributed by atoms with Crippen molar-refractivity contribution in [2.75, 3.05) is 13.7 Å². The molecule has 206 valence electrons. The maximum absolute atomic E-state index is 13.8. The molecule has 5 rings (SSSR count). The molecule has 0 amide bonds. The summed E-state index contributed by atoms with van der Waals surface area (Å²) in [4.78, 5) is 19.2. The van der Waals surface area contributed by atoms with Crippen molar-refractivity contribution in [2.45, 2.75) is 52.4 Å². The highest BCUT2D eigenvalue weighted by molar-refractivity contribution is 5.82. The van der Waals surface area contributed by atoms with E-state index in [0.717, 1.165) is 27.6 Å². The summed E-state index contributed by atoms with van der Waals surface area (Å²) < 4.78 is 7.08. The molecule has 0 saturated carbocycles. The van der Waals surface area contributed by atoms with Crippen LogP contribution in [0.2, 0.25) is 0 Å². The number of fused-ring (bicyclic) bond motifs is 1. The molecule has 8 heteroatoms. The van der Waals surface area contributed by atoms with Crippen LogP contribution < -0.4 is 5.56 Å². The Morgan fingerprint density at radius 2 is 1.68 bits per heavy atom. The number of benzene rings is 3. The number of pyridine rings is 1. The summed E-state index contributed by atoms with van der Waals surface area (Å²) in [6, 6.07) is 26.5. The van der Waals surface area contributed by atoms with E-state index in [2.05, 4.69) is 75.7 Å². The van der Waals surface area contributed by atoms with Gasteiger partial charge >= 0.3 is 0 Å². The van der Waals surface area contributed by atoms with Crippen LogP contribution in [-0.4, -0.2) is 43.8 Å². The van der Waals surface area contributed by atoms with Gasteiger partial charge in [0.05, 0.1) is 18.7 Å². The standard InChI is InChI=1S/C32H36N6O2/c1-22(2)26-15-13-25(14-16-26)21-37(20-24-10-6-5-7-11-24)30(31-34-35-36-38(31)17-18-40-4)28-19-27-12-8-9-23(3)29(27)33-32(28)39/h5-16,19,22,30H,17-18,20-21H2,1-4H3,(H,33,39)/t30-/m0/s1. The molecule has 0 spiro atoms. The first-order chi connectivity index (χ1) is 19.4. The van der Waals surface area contributed by atoms with Gasteiger partial charge in [-0.25, -0.2) is 4.68 Å². The number of para-hydroxylation sites is 1. The summed E-state index contributed by atoms with van der Waals surface area (Å²) in [5, 5.41) is 13.7. The highest BCUT2D eigenvalue weighted by atomic mass is 16.5. The normalized spacial score (nSPS) is 12.4. The number of H-pyrrole nitrogens is 1. The number of aromatic amines is 1. The van der Waals surface area contributed by atoms with Gasteiger partial charge in [-0.15, -0.1) is 5.10 Å². The van der Waals surface area contributed by atoms with E-state index in [4.69, 9.17) is 4.74 Å². The lowest BCUT2D eigenvalue weighted by Gasteiger charge is -2.31. The highest BCUT2D eigenvalue weighted by Gasteiger charge is 2.31. The Kier molecular flexibility index (Phi) is 8.48. The van der Waals surface area contributed by atoms with Gasteiger partial charge in [0.1, 0.15) is 6.04 Å². The van der Waals surface area contributed by atoms with Crippen LogP contribution in [-0.2, 0) is 24.4 Å². The fourth-order valence-electron chi connectivity index (χ4n) is 5.15. The molecule has 5 aromatic rings. The van der Waals surface area contributed by atoms with Gasteiger partial charge in [-0.3, -0.25) is 9.69 Å². The van der Waals surface area contributed by atoms with E-state index in [1.807, 2.05) is 49.4 Å². The Morgan fingerprint density at radius 1 is 0.950 bits per heavy atom. The lowest BCUT2D eigenvalue weighted by molar-refractivity contribution is 0.169. The zero-order chi connectivity index (χ0) is 28.1. The van der Waals surface area contributed by atoms with E-state index in [0.29, 0.717) is 43.5 Å². The smallest absolute Gasteiger partial charge is 0.253 e. The molecule has 0 aliphatic rings. The molecule has 0 aliphatic carbocycles. The number of ether oxygens (including phenoxy) is 1. The van der Waals surface area contributed by atoms with Crippen LogP contribution in [0, 0.1) is 6.92 Å². The van der Waals surface area contributed by atoms with Gasteiger partial charge in [0, 0.05) is 25.8 Å². The number of aromatic nitrogens is 5. The van der Waals surface area contributed by atoms with Crippen LogP contribution in [0.1, 0.15) is 59.4 Å². The SMILES string of the molecule is COCCn1nnnc1[C@H](c1cc2cccc(C)c2[nH]c1=O)N(Cc1ccccc1)Cc1ccc(C(C)C)cc1. The molecular weight excluding hydrogens is 500 g/mol. The third kappa shape index (κ3) is 6.03. The summed E-state index contributed by atoms with van der Waals surface area (Å²) in [6.45, 7) is 8.51. The fraction of sp³-hybridized carbons (Fsp3) is 0.312. The first kappa shape index (κ1) is 27.4. The predicted molar refractivity (Wildman–Crippen MR) is 157 cm³/mol. The molecule has 0 fully saturated rings. The molecule has 8 nitrogen and oxygen atoms in total. The fourth-order valence-corrected chi connectivity index (χ4v) is 5.15. The monoisotopic (exact) mass is 536 g/mol. The van der Waals surface area contributed by atoms with Crippen molar-refractivity contribution in [1.29, 1.82) is 0 Å². The minimum absolute atomic E-state index is 0.152. The molecule has 0 unspecified atom stereocenters. The van der Waals surface area contributed by atoms with E-state index >= 15 is 0 Å². The van der Waals surface area contributed by atoms with Gasteiger partial charge < -0.3 is 9.72 Å². The molecule has 40 heavy (non-hydrogen) atoms. The van der Waals surface area contributed by atoms with E-state index < -0.39 is 6.04 Å². The highest BCUT2D eigenvalue weighted by Crippen LogP contribution is 2.31.